The number of amides is 2. The smallest absolute Gasteiger partial charge is 0.243 e. The van der Waals surface area contributed by atoms with Gasteiger partial charge in [0.05, 0.1) is 38.5 Å². The van der Waals surface area contributed by atoms with Gasteiger partial charge in [-0.3, -0.25) is 9.59 Å². The number of imidazole rings is 1. The van der Waals surface area contributed by atoms with Crippen molar-refractivity contribution in [1.29, 1.82) is 0 Å². The van der Waals surface area contributed by atoms with E-state index < -0.39 is 18.0 Å². The third-order valence-electron chi connectivity index (χ3n) is 6.64. The Morgan fingerprint density at radius 2 is 1.73 bits per heavy atom. The summed E-state index contributed by atoms with van der Waals surface area (Å²) in [5.41, 5.74) is 9.30. The third-order valence-corrected chi connectivity index (χ3v) is 6.64. The zero-order chi connectivity index (χ0) is 26.2. The quantitative estimate of drug-likeness (QED) is 0.391. The number of nitrogens with zero attached hydrogens (tertiary/aromatic N) is 2. The highest BCUT2D eigenvalue weighted by molar-refractivity contribution is 5.91. The van der Waals surface area contributed by atoms with Crippen LogP contribution in [0.4, 0.5) is 0 Å². The summed E-state index contributed by atoms with van der Waals surface area (Å²) in [6, 6.07) is 13.7. The highest BCUT2D eigenvalue weighted by Crippen LogP contribution is 2.32. The number of nitrogens with two attached hydrogens (primary N) is 1. The van der Waals surface area contributed by atoms with Crippen molar-refractivity contribution in [2.45, 2.75) is 30.8 Å². The van der Waals surface area contributed by atoms with Crippen LogP contribution in [-0.4, -0.2) is 66.1 Å². The summed E-state index contributed by atoms with van der Waals surface area (Å²) < 4.78 is 10.6. The van der Waals surface area contributed by atoms with E-state index in [1.54, 1.807) is 31.6 Å². The van der Waals surface area contributed by atoms with E-state index in [4.69, 9.17) is 15.2 Å². The first-order valence-electron chi connectivity index (χ1n) is 12.3. The summed E-state index contributed by atoms with van der Waals surface area (Å²) in [5, 5.41) is 2.91. The predicted molar refractivity (Wildman–Crippen MR) is 141 cm³/mol. The van der Waals surface area contributed by atoms with Gasteiger partial charge in [-0.1, -0.05) is 30.3 Å². The first-order chi connectivity index (χ1) is 18.0. The van der Waals surface area contributed by atoms with Crippen molar-refractivity contribution in [2.75, 3.05) is 27.3 Å². The number of rotatable bonds is 10. The van der Waals surface area contributed by atoms with Crippen molar-refractivity contribution in [2.24, 2.45) is 5.73 Å². The largest absolute Gasteiger partial charge is 0.497 e. The van der Waals surface area contributed by atoms with Crippen molar-refractivity contribution in [1.82, 2.24) is 20.2 Å². The van der Waals surface area contributed by atoms with Crippen molar-refractivity contribution in [3.05, 3.63) is 84.0 Å². The topological polar surface area (TPSA) is 123 Å². The van der Waals surface area contributed by atoms with Gasteiger partial charge in [0.1, 0.15) is 17.5 Å². The zero-order valence-corrected chi connectivity index (χ0v) is 21.1. The number of carbonyl (C=O) groups excluding carboxylic acids is 2. The first kappa shape index (κ1) is 26.0. The molecule has 2 heterocycles. The number of ether oxygens (including phenoxy) is 2. The van der Waals surface area contributed by atoms with E-state index in [2.05, 4.69) is 15.3 Å². The molecule has 0 radical (unpaired) electrons. The van der Waals surface area contributed by atoms with E-state index in [1.165, 1.54) is 0 Å². The molecule has 1 saturated heterocycles. The Balaban J connectivity index is 1.50. The van der Waals surface area contributed by atoms with Crippen LogP contribution in [-0.2, 0) is 9.59 Å². The van der Waals surface area contributed by atoms with Crippen LogP contribution in [0.3, 0.4) is 0 Å². The third kappa shape index (κ3) is 6.18. The van der Waals surface area contributed by atoms with E-state index >= 15 is 0 Å². The molecule has 1 aliphatic rings. The molecule has 1 aliphatic heterocycles. The maximum absolute atomic E-state index is 13.7. The van der Waals surface area contributed by atoms with Gasteiger partial charge in [0, 0.05) is 19.0 Å². The van der Waals surface area contributed by atoms with Gasteiger partial charge in [-0.15, -0.1) is 0 Å². The molecule has 2 aromatic carbocycles. The molecular weight excluding hydrogens is 470 g/mol. The summed E-state index contributed by atoms with van der Waals surface area (Å²) in [6.07, 6.45) is 8.31. The highest BCUT2D eigenvalue weighted by Gasteiger charge is 2.39. The average molecular weight is 504 g/mol. The summed E-state index contributed by atoms with van der Waals surface area (Å²) >= 11 is 0. The number of methoxy groups -OCH3 is 2. The molecule has 0 bridgehead atoms. The van der Waals surface area contributed by atoms with Crippen molar-refractivity contribution >= 4 is 17.9 Å². The number of aromatic amines is 1. The fourth-order valence-electron chi connectivity index (χ4n) is 4.69. The molecule has 0 spiro atoms. The Kier molecular flexibility index (Phi) is 8.58. The highest BCUT2D eigenvalue weighted by atomic mass is 16.5. The van der Waals surface area contributed by atoms with Gasteiger partial charge in [-0.2, -0.15) is 0 Å². The van der Waals surface area contributed by atoms with Crippen LogP contribution < -0.4 is 20.5 Å². The minimum atomic E-state index is -0.879. The molecule has 3 aromatic rings. The summed E-state index contributed by atoms with van der Waals surface area (Å²) in [7, 11) is 3.22. The van der Waals surface area contributed by atoms with Crippen LogP contribution >= 0.6 is 0 Å². The van der Waals surface area contributed by atoms with Gasteiger partial charge < -0.3 is 30.4 Å². The predicted octanol–water partition coefficient (Wildman–Crippen LogP) is 2.71. The summed E-state index contributed by atoms with van der Waals surface area (Å²) in [6.45, 7) is 0.843. The number of aromatic nitrogens is 2. The van der Waals surface area contributed by atoms with Crippen LogP contribution in [0.2, 0.25) is 0 Å². The molecule has 1 aromatic heterocycles. The second kappa shape index (κ2) is 12.2. The molecule has 1 fully saturated rings. The number of benzene rings is 2. The molecular formula is C28H33N5O4. The fourth-order valence-corrected chi connectivity index (χ4v) is 4.69. The number of likely N-dealkylation sites (tertiary alicyclic amines) is 1. The Hall–Kier alpha value is -4.11. The lowest BCUT2D eigenvalue weighted by atomic mass is 9.84. The zero-order valence-electron chi connectivity index (χ0n) is 21.1. The van der Waals surface area contributed by atoms with Crippen LogP contribution in [0.25, 0.3) is 6.08 Å². The maximum atomic E-state index is 13.7. The summed E-state index contributed by atoms with van der Waals surface area (Å²) in [4.78, 5) is 35.2. The van der Waals surface area contributed by atoms with Gasteiger partial charge in [0.15, 0.2) is 0 Å². The molecule has 2 atom stereocenters. The van der Waals surface area contributed by atoms with Crippen molar-refractivity contribution < 1.29 is 19.1 Å². The SMILES string of the molecule is COc1ccc(C(c2ccc(OC)cc2)[C@@H](N)C(=O)N2CCCC2C(=O)NC/C=C/c2cnc[nH]2)cc1. The molecule has 37 heavy (non-hydrogen) atoms. The lowest BCUT2D eigenvalue weighted by Gasteiger charge is -2.31. The second-order valence-electron chi connectivity index (χ2n) is 8.89. The minimum absolute atomic E-state index is 0.183. The van der Waals surface area contributed by atoms with E-state index in [1.807, 2.05) is 60.7 Å². The molecule has 194 valence electrons. The Morgan fingerprint density at radius 3 is 2.27 bits per heavy atom. The number of nitrogens with one attached hydrogen (secondary N) is 2. The molecule has 2 amide bonds. The fraction of sp³-hybridized carbons (Fsp3) is 0.321. The monoisotopic (exact) mass is 503 g/mol. The lowest BCUT2D eigenvalue weighted by Crippen LogP contribution is -2.53. The number of H-pyrrole nitrogens is 1. The lowest BCUT2D eigenvalue weighted by molar-refractivity contribution is -0.139. The first-order valence-corrected chi connectivity index (χ1v) is 12.3. The van der Waals surface area contributed by atoms with Crippen LogP contribution in [0, 0.1) is 0 Å². The molecule has 4 N–H and O–H groups in total. The Bertz CT molecular complexity index is 1140. The van der Waals surface area contributed by atoms with E-state index in [-0.39, 0.29) is 11.8 Å². The molecule has 0 saturated carbocycles. The second-order valence-corrected chi connectivity index (χ2v) is 8.89. The average Bonchev–Trinajstić information content (AvgIpc) is 3.64. The standard InChI is InChI=1S/C28H33N5O4/c1-36-22-11-7-19(8-12-22)25(20-9-13-23(37-2)14-10-20)26(29)28(35)33-16-4-6-24(33)27(34)31-15-3-5-21-17-30-18-32-21/h3,5,7-14,17-18,24-26H,4,6,15-16,29H2,1-2H3,(H,30,32)(H,31,34)/b5-3+/t24?,26-/m1/s1. The number of carbonyl (C=O) groups is 2. The van der Waals surface area contributed by atoms with Gasteiger partial charge >= 0.3 is 0 Å². The summed E-state index contributed by atoms with van der Waals surface area (Å²) in [5.74, 6) is 0.593. The van der Waals surface area contributed by atoms with Gasteiger partial charge in [0.25, 0.3) is 0 Å². The Labute approximate surface area is 216 Å². The van der Waals surface area contributed by atoms with E-state index in [0.29, 0.717) is 19.5 Å². The van der Waals surface area contributed by atoms with Crippen LogP contribution in [0.1, 0.15) is 35.6 Å². The van der Waals surface area contributed by atoms with Crippen molar-refractivity contribution in [3.8, 4) is 11.5 Å². The molecule has 1 unspecified atom stereocenters. The number of hydrogen-bond acceptors (Lipinski definition) is 6. The number of hydrogen-bond donors (Lipinski definition) is 3. The van der Waals surface area contributed by atoms with E-state index in [0.717, 1.165) is 34.7 Å². The molecule has 9 heteroatoms. The Morgan fingerprint density at radius 1 is 1.11 bits per heavy atom. The normalized spacial score (nSPS) is 16.2. The van der Waals surface area contributed by atoms with Crippen LogP contribution in [0.15, 0.2) is 67.1 Å². The van der Waals surface area contributed by atoms with Crippen LogP contribution in [0.5, 0.6) is 11.5 Å². The van der Waals surface area contributed by atoms with Gasteiger partial charge in [0.2, 0.25) is 11.8 Å². The van der Waals surface area contributed by atoms with E-state index in [9.17, 15) is 9.59 Å². The molecule has 9 nitrogen and oxygen atoms in total. The van der Waals surface area contributed by atoms with Crippen molar-refractivity contribution in [3.63, 3.8) is 0 Å². The minimum Gasteiger partial charge on any atom is -0.497 e. The van der Waals surface area contributed by atoms with Gasteiger partial charge in [-0.05, 0) is 54.3 Å². The molecule has 0 aliphatic carbocycles. The maximum Gasteiger partial charge on any atom is 0.243 e. The molecule has 4 rings (SSSR count). The van der Waals surface area contributed by atoms with Gasteiger partial charge in [-0.25, -0.2) is 4.98 Å².